The van der Waals surface area contributed by atoms with Crippen LogP contribution in [-0.2, 0) is 21.2 Å². The van der Waals surface area contributed by atoms with Gasteiger partial charge >= 0.3 is 0 Å². The molecule has 0 aromatic heterocycles. The number of nitrogens with zero attached hydrogens (tertiary/aromatic N) is 1. The Balaban J connectivity index is 1.76. The molecule has 3 rings (SSSR count). The molecule has 0 spiro atoms. The third-order valence-corrected chi connectivity index (χ3v) is 5.72. The number of hydrogen-bond donors (Lipinski definition) is 1. The van der Waals surface area contributed by atoms with Gasteiger partial charge in [0.1, 0.15) is 0 Å². The molecule has 1 amide bonds. The first-order valence-corrected chi connectivity index (χ1v) is 11.1. The van der Waals surface area contributed by atoms with Gasteiger partial charge in [0.05, 0.1) is 5.41 Å². The molecule has 1 aliphatic heterocycles. The third kappa shape index (κ3) is 5.23. The molecule has 148 valence electrons. The van der Waals surface area contributed by atoms with Crippen LogP contribution in [0.5, 0.6) is 0 Å². The highest BCUT2D eigenvalue weighted by Gasteiger charge is 2.24. The number of benzene rings is 2. The van der Waals surface area contributed by atoms with E-state index < -0.39 is 10.0 Å². The summed E-state index contributed by atoms with van der Waals surface area (Å²) in [6.45, 7) is 4.96. The maximum Gasteiger partial charge on any atom is 0.255 e. The number of sulfonamides is 1. The molecule has 1 aliphatic rings. The topological polar surface area (TPSA) is 66.5 Å². The van der Waals surface area contributed by atoms with Gasteiger partial charge < -0.3 is 4.90 Å². The van der Waals surface area contributed by atoms with Crippen molar-refractivity contribution in [2.75, 3.05) is 16.2 Å². The molecule has 5 nitrogen and oxygen atoms in total. The lowest BCUT2D eigenvalue weighted by atomic mass is 9.99. The Morgan fingerprint density at radius 1 is 1.11 bits per heavy atom. The molecule has 1 N–H and O–H groups in total. The van der Waals surface area contributed by atoms with Gasteiger partial charge in [0.25, 0.3) is 10.0 Å². The average Bonchev–Trinajstić information content (AvgIpc) is 2.66. The summed E-state index contributed by atoms with van der Waals surface area (Å²) in [6.07, 6.45) is 3.58. The van der Waals surface area contributed by atoms with Crippen LogP contribution in [0.1, 0.15) is 37.8 Å². The summed E-state index contributed by atoms with van der Waals surface area (Å²) in [5.41, 5.74) is 3.21. The Morgan fingerprint density at radius 3 is 2.57 bits per heavy atom. The number of anilines is 2. The molecule has 0 bridgehead atoms. The largest absolute Gasteiger partial charge is 0.312 e. The quantitative estimate of drug-likeness (QED) is 0.750. The summed E-state index contributed by atoms with van der Waals surface area (Å²) < 4.78 is 27.3. The molecule has 28 heavy (non-hydrogen) atoms. The number of amides is 1. The zero-order valence-corrected chi connectivity index (χ0v) is 17.1. The van der Waals surface area contributed by atoms with Crippen molar-refractivity contribution in [2.24, 2.45) is 5.92 Å². The molecular weight excluding hydrogens is 372 g/mol. The van der Waals surface area contributed by atoms with Gasteiger partial charge in [0, 0.05) is 24.3 Å². The van der Waals surface area contributed by atoms with Crippen molar-refractivity contribution >= 4 is 33.4 Å². The van der Waals surface area contributed by atoms with Crippen molar-refractivity contribution in [3.8, 4) is 0 Å². The van der Waals surface area contributed by atoms with Crippen LogP contribution in [0.2, 0.25) is 0 Å². The monoisotopic (exact) mass is 398 g/mol. The van der Waals surface area contributed by atoms with E-state index in [1.165, 1.54) is 5.41 Å². The van der Waals surface area contributed by atoms with E-state index in [9.17, 15) is 13.2 Å². The molecule has 2 aromatic carbocycles. The van der Waals surface area contributed by atoms with Crippen molar-refractivity contribution in [3.05, 3.63) is 65.1 Å². The van der Waals surface area contributed by atoms with E-state index in [4.69, 9.17) is 0 Å². The number of nitrogens with one attached hydrogen (secondary N) is 1. The van der Waals surface area contributed by atoms with Gasteiger partial charge in [-0.05, 0) is 54.2 Å². The first-order valence-electron chi connectivity index (χ1n) is 9.53. The minimum Gasteiger partial charge on any atom is -0.312 e. The number of fused-ring (bicyclic) bond motifs is 1. The minimum atomic E-state index is -3.62. The predicted molar refractivity (Wildman–Crippen MR) is 115 cm³/mol. The van der Waals surface area contributed by atoms with Crippen LogP contribution in [-0.4, -0.2) is 20.9 Å². The zero-order chi connectivity index (χ0) is 20.1. The van der Waals surface area contributed by atoms with Crippen molar-refractivity contribution < 1.29 is 13.2 Å². The lowest BCUT2D eigenvalue weighted by Gasteiger charge is -2.30. The second-order valence-electron chi connectivity index (χ2n) is 7.43. The molecule has 0 aliphatic carbocycles. The molecule has 0 radical (unpaired) electrons. The highest BCUT2D eigenvalue weighted by Crippen LogP contribution is 2.31. The van der Waals surface area contributed by atoms with Gasteiger partial charge in [-0.2, -0.15) is 0 Å². The van der Waals surface area contributed by atoms with Crippen molar-refractivity contribution in [2.45, 2.75) is 33.1 Å². The number of aryl methyl sites for hydroxylation is 1. The van der Waals surface area contributed by atoms with Crippen LogP contribution in [0.3, 0.4) is 0 Å². The van der Waals surface area contributed by atoms with E-state index in [-0.39, 0.29) is 5.91 Å². The number of carbonyl (C=O) groups excluding carboxylic acids is 1. The number of rotatable bonds is 7. The molecule has 0 unspecified atom stereocenters. The molecule has 0 atom stereocenters. The van der Waals surface area contributed by atoms with Crippen molar-refractivity contribution in [1.82, 2.24) is 0 Å². The Labute approximate surface area is 167 Å². The van der Waals surface area contributed by atoms with E-state index in [0.717, 1.165) is 23.2 Å². The van der Waals surface area contributed by atoms with Crippen molar-refractivity contribution in [3.63, 3.8) is 0 Å². The fourth-order valence-electron chi connectivity index (χ4n) is 3.19. The standard InChI is InChI=1S/C22H26N2O3S/c1-17(2)12-14-24-21-10-9-20(16-19(21)8-11-22(24)25)23-28(26,27)15-13-18-6-4-3-5-7-18/h3-7,9-10,13,15-17,23H,8,11-12,14H2,1-2H3/b15-13+. The third-order valence-electron chi connectivity index (χ3n) is 4.71. The molecule has 6 heteroatoms. The average molecular weight is 399 g/mol. The molecule has 0 fully saturated rings. The van der Waals surface area contributed by atoms with Crippen LogP contribution in [0, 0.1) is 5.92 Å². The van der Waals surface area contributed by atoms with Gasteiger partial charge in [-0.1, -0.05) is 44.2 Å². The second kappa shape index (κ2) is 8.61. The number of hydrogen-bond acceptors (Lipinski definition) is 3. The lowest BCUT2D eigenvalue weighted by molar-refractivity contribution is -0.118. The smallest absolute Gasteiger partial charge is 0.255 e. The first-order chi connectivity index (χ1) is 13.3. The minimum absolute atomic E-state index is 0.132. The molecule has 1 heterocycles. The highest BCUT2D eigenvalue weighted by molar-refractivity contribution is 7.95. The zero-order valence-electron chi connectivity index (χ0n) is 16.3. The van der Waals surface area contributed by atoms with Crippen LogP contribution >= 0.6 is 0 Å². The Kier molecular flexibility index (Phi) is 6.19. The van der Waals surface area contributed by atoms with Crippen LogP contribution < -0.4 is 9.62 Å². The fraction of sp³-hybridized carbons (Fsp3) is 0.318. The van der Waals surface area contributed by atoms with Gasteiger partial charge in [-0.25, -0.2) is 8.42 Å². The SMILES string of the molecule is CC(C)CCN1C(=O)CCc2cc(NS(=O)(=O)/C=C/c3ccccc3)ccc21. The summed E-state index contributed by atoms with van der Waals surface area (Å²) in [5, 5.41) is 1.17. The summed E-state index contributed by atoms with van der Waals surface area (Å²) in [4.78, 5) is 14.1. The maximum absolute atomic E-state index is 12.4. The van der Waals surface area contributed by atoms with Crippen molar-refractivity contribution in [1.29, 1.82) is 0 Å². The Morgan fingerprint density at radius 2 is 1.86 bits per heavy atom. The van der Waals surface area contributed by atoms with Crippen LogP contribution in [0.4, 0.5) is 11.4 Å². The second-order valence-corrected chi connectivity index (χ2v) is 9.00. The van der Waals surface area contributed by atoms with Gasteiger partial charge in [-0.3, -0.25) is 9.52 Å². The van der Waals surface area contributed by atoms with Gasteiger partial charge in [0.2, 0.25) is 5.91 Å². The summed E-state index contributed by atoms with van der Waals surface area (Å²) >= 11 is 0. The molecule has 0 saturated carbocycles. The lowest BCUT2D eigenvalue weighted by Crippen LogP contribution is -2.36. The maximum atomic E-state index is 12.4. The van der Waals surface area contributed by atoms with E-state index in [0.29, 0.717) is 31.0 Å². The van der Waals surface area contributed by atoms with E-state index in [1.54, 1.807) is 12.1 Å². The van der Waals surface area contributed by atoms with Crippen LogP contribution in [0.15, 0.2) is 53.9 Å². The summed E-state index contributed by atoms with van der Waals surface area (Å²) in [7, 11) is -3.62. The molecule has 0 saturated heterocycles. The van der Waals surface area contributed by atoms with E-state index in [1.807, 2.05) is 47.4 Å². The fourth-order valence-corrected chi connectivity index (χ4v) is 4.05. The normalized spacial score (nSPS) is 14.5. The molecular formula is C22H26N2O3S. The molecule has 2 aromatic rings. The van der Waals surface area contributed by atoms with E-state index in [2.05, 4.69) is 18.6 Å². The number of carbonyl (C=O) groups is 1. The predicted octanol–water partition coefficient (Wildman–Crippen LogP) is 4.42. The van der Waals surface area contributed by atoms with Gasteiger partial charge in [-0.15, -0.1) is 0 Å². The Bertz CT molecular complexity index is 967. The van der Waals surface area contributed by atoms with E-state index >= 15 is 0 Å². The van der Waals surface area contributed by atoms with Gasteiger partial charge in [0.15, 0.2) is 0 Å². The summed E-state index contributed by atoms with van der Waals surface area (Å²) in [5.74, 6) is 0.646. The Hall–Kier alpha value is -2.60. The van der Waals surface area contributed by atoms with Crippen LogP contribution in [0.25, 0.3) is 6.08 Å². The first kappa shape index (κ1) is 20.1. The highest BCUT2D eigenvalue weighted by atomic mass is 32.2. The summed E-state index contributed by atoms with van der Waals surface area (Å²) in [6, 6.07) is 14.7.